The molecular formula is C20H30O7. The van der Waals surface area contributed by atoms with Crippen LogP contribution in [0.1, 0.15) is 41.0 Å². The van der Waals surface area contributed by atoms with Gasteiger partial charge in [-0.3, -0.25) is 4.79 Å². The second-order valence-corrected chi connectivity index (χ2v) is 7.94. The molecule has 2 N–H and O–H groups in total. The summed E-state index contributed by atoms with van der Waals surface area (Å²) in [4.78, 5) is 24.6. The molecule has 1 aliphatic carbocycles. The van der Waals surface area contributed by atoms with Crippen LogP contribution in [0.4, 0.5) is 0 Å². The van der Waals surface area contributed by atoms with E-state index in [4.69, 9.17) is 14.2 Å². The molecule has 7 nitrogen and oxygen atoms in total. The Kier molecular flexibility index (Phi) is 6.19. The maximum atomic E-state index is 12.5. The topological polar surface area (TPSA) is 102 Å². The van der Waals surface area contributed by atoms with E-state index in [-0.39, 0.29) is 6.42 Å². The van der Waals surface area contributed by atoms with Gasteiger partial charge in [-0.05, 0) is 18.4 Å². The summed E-state index contributed by atoms with van der Waals surface area (Å²) in [5.74, 6) is -1.82. The van der Waals surface area contributed by atoms with Crippen molar-refractivity contribution in [2.24, 2.45) is 17.3 Å². The molecular weight excluding hydrogens is 352 g/mol. The molecule has 7 heteroatoms. The van der Waals surface area contributed by atoms with Crippen molar-refractivity contribution < 1.29 is 34.0 Å². The molecule has 1 fully saturated rings. The van der Waals surface area contributed by atoms with Gasteiger partial charge < -0.3 is 24.4 Å². The summed E-state index contributed by atoms with van der Waals surface area (Å²) in [6.45, 7) is 12.6. The fraction of sp³-hybridized carbons (Fsp3) is 0.700. The summed E-state index contributed by atoms with van der Waals surface area (Å²) in [6, 6.07) is 0. The van der Waals surface area contributed by atoms with Crippen LogP contribution in [0.25, 0.3) is 0 Å². The highest BCUT2D eigenvalue weighted by atomic mass is 16.7. The molecule has 0 aromatic carbocycles. The minimum absolute atomic E-state index is 0.154. The first-order chi connectivity index (χ1) is 12.5. The van der Waals surface area contributed by atoms with Crippen LogP contribution in [0, 0.1) is 17.3 Å². The highest BCUT2D eigenvalue weighted by Crippen LogP contribution is 2.51. The maximum absolute atomic E-state index is 12.5. The zero-order chi connectivity index (χ0) is 20.7. The van der Waals surface area contributed by atoms with Gasteiger partial charge in [0.25, 0.3) is 0 Å². The Hall–Kier alpha value is -1.70. The Morgan fingerprint density at radius 2 is 1.96 bits per heavy atom. The van der Waals surface area contributed by atoms with Gasteiger partial charge in [0, 0.05) is 30.1 Å². The fourth-order valence-electron chi connectivity index (χ4n) is 3.83. The lowest BCUT2D eigenvalue weighted by molar-refractivity contribution is -0.169. The van der Waals surface area contributed by atoms with Crippen LogP contribution in [0.3, 0.4) is 0 Å². The van der Waals surface area contributed by atoms with E-state index in [0.29, 0.717) is 16.7 Å². The third kappa shape index (κ3) is 3.56. The first-order valence-electron chi connectivity index (χ1n) is 9.17. The van der Waals surface area contributed by atoms with Gasteiger partial charge >= 0.3 is 11.9 Å². The lowest BCUT2D eigenvalue weighted by atomic mass is 9.59. The van der Waals surface area contributed by atoms with Gasteiger partial charge in [-0.1, -0.05) is 34.3 Å². The number of esters is 2. The van der Waals surface area contributed by atoms with Crippen LogP contribution < -0.4 is 0 Å². The van der Waals surface area contributed by atoms with Gasteiger partial charge in [-0.2, -0.15) is 0 Å². The molecule has 0 aromatic rings. The van der Waals surface area contributed by atoms with Crippen molar-refractivity contribution in [1.82, 2.24) is 0 Å². The Balaban J connectivity index is 2.63. The molecule has 0 aromatic heterocycles. The van der Waals surface area contributed by atoms with Gasteiger partial charge in [0.15, 0.2) is 0 Å². The smallest absolute Gasteiger partial charge is 0.336 e. The van der Waals surface area contributed by atoms with Crippen molar-refractivity contribution in [3.63, 3.8) is 0 Å². The number of hydrogen-bond acceptors (Lipinski definition) is 7. The van der Waals surface area contributed by atoms with Crippen LogP contribution in [0.5, 0.6) is 0 Å². The summed E-state index contributed by atoms with van der Waals surface area (Å²) in [6.07, 6.45) is -3.61. The average molecular weight is 382 g/mol. The van der Waals surface area contributed by atoms with Crippen molar-refractivity contribution in [2.45, 2.75) is 65.6 Å². The Morgan fingerprint density at radius 3 is 2.48 bits per heavy atom. The van der Waals surface area contributed by atoms with Crippen LogP contribution >= 0.6 is 0 Å². The van der Waals surface area contributed by atoms with E-state index < -0.39 is 53.8 Å². The summed E-state index contributed by atoms with van der Waals surface area (Å²) < 4.78 is 16.4. The molecule has 1 aliphatic heterocycles. The first-order valence-corrected chi connectivity index (χ1v) is 9.17. The maximum Gasteiger partial charge on any atom is 0.336 e. The van der Waals surface area contributed by atoms with Crippen LogP contribution in [0.2, 0.25) is 0 Å². The lowest BCUT2D eigenvalue weighted by Crippen LogP contribution is -2.55. The zero-order valence-corrected chi connectivity index (χ0v) is 16.8. The van der Waals surface area contributed by atoms with Crippen LogP contribution in [0.15, 0.2) is 23.3 Å². The third-order valence-electron chi connectivity index (χ3n) is 6.04. The number of ether oxygens (including phenoxy) is 3. The molecule has 0 radical (unpaired) electrons. The molecule has 0 bridgehead atoms. The molecule has 0 saturated heterocycles. The number of methoxy groups -OCH3 is 1. The van der Waals surface area contributed by atoms with Crippen molar-refractivity contribution in [1.29, 1.82) is 0 Å². The summed E-state index contributed by atoms with van der Waals surface area (Å²) >= 11 is 0. The molecule has 0 amide bonds. The Morgan fingerprint density at radius 1 is 1.37 bits per heavy atom. The van der Waals surface area contributed by atoms with Gasteiger partial charge in [-0.15, -0.1) is 0 Å². The van der Waals surface area contributed by atoms with Crippen molar-refractivity contribution >= 4 is 11.9 Å². The molecule has 0 spiro atoms. The molecule has 6 atom stereocenters. The molecule has 27 heavy (non-hydrogen) atoms. The van der Waals surface area contributed by atoms with E-state index in [9.17, 15) is 19.8 Å². The quantitative estimate of drug-likeness (QED) is 0.551. The summed E-state index contributed by atoms with van der Waals surface area (Å²) in [7, 11) is 1.39. The van der Waals surface area contributed by atoms with E-state index >= 15 is 0 Å². The molecule has 1 heterocycles. The summed E-state index contributed by atoms with van der Waals surface area (Å²) in [5, 5.41) is 20.9. The lowest BCUT2D eigenvalue weighted by Gasteiger charge is -2.50. The molecule has 152 valence electrons. The van der Waals surface area contributed by atoms with E-state index in [2.05, 4.69) is 6.58 Å². The van der Waals surface area contributed by atoms with Crippen molar-refractivity contribution in [2.75, 3.05) is 7.11 Å². The SMILES string of the molecule is C=C1[C@@H](O)C[C@H](O)[C@H](C)[C@@]1(C)[C@H](OC(=O)C(C)C)C1=C(C)C(=O)O[C@H]1OC. The second kappa shape index (κ2) is 7.73. The van der Waals surface area contributed by atoms with Gasteiger partial charge in [0.2, 0.25) is 6.29 Å². The largest absolute Gasteiger partial charge is 0.456 e. The van der Waals surface area contributed by atoms with Crippen molar-refractivity contribution in [3.05, 3.63) is 23.3 Å². The average Bonchev–Trinajstić information content (AvgIpc) is 2.90. The Bertz CT molecular complexity index is 665. The van der Waals surface area contributed by atoms with E-state index in [1.54, 1.807) is 27.7 Å². The monoisotopic (exact) mass is 382 g/mol. The standard InChI is InChI=1S/C20H30O7/c1-9(2)17(23)26-16(15-10(3)18(24)27-19(15)25-7)20(6)11(4)13(21)8-14(22)12(20)5/h9,12-14,16,19,21-22H,4,8H2,1-3,5-7H3/t12-,13-,14-,16+,19+,20-/m0/s1. The minimum atomic E-state index is -1.02. The van der Waals surface area contributed by atoms with Crippen LogP contribution in [-0.2, 0) is 23.8 Å². The second-order valence-electron chi connectivity index (χ2n) is 7.94. The summed E-state index contributed by atoms with van der Waals surface area (Å²) in [5.41, 5.74) is 0.0899. The number of aliphatic hydroxyl groups excluding tert-OH is 2. The van der Waals surface area contributed by atoms with Crippen molar-refractivity contribution in [3.8, 4) is 0 Å². The normalized spacial score (nSPS) is 35.4. The van der Waals surface area contributed by atoms with E-state index in [1.165, 1.54) is 7.11 Å². The van der Waals surface area contributed by atoms with E-state index in [0.717, 1.165) is 0 Å². The number of carbonyl (C=O) groups excluding carboxylic acids is 2. The number of cyclic esters (lactones) is 1. The Labute approximate surface area is 160 Å². The minimum Gasteiger partial charge on any atom is -0.456 e. The molecule has 0 unspecified atom stereocenters. The predicted molar refractivity (Wildman–Crippen MR) is 97.3 cm³/mol. The number of carbonyl (C=O) groups is 2. The highest BCUT2D eigenvalue weighted by Gasteiger charge is 2.56. The first kappa shape index (κ1) is 21.6. The molecule has 1 saturated carbocycles. The molecule has 2 rings (SSSR count). The van der Waals surface area contributed by atoms with Gasteiger partial charge in [-0.25, -0.2) is 4.79 Å². The number of hydrogen-bond donors (Lipinski definition) is 2. The third-order valence-corrected chi connectivity index (χ3v) is 6.04. The highest BCUT2D eigenvalue weighted by molar-refractivity contribution is 5.92. The molecule has 2 aliphatic rings. The number of aliphatic hydroxyl groups is 2. The van der Waals surface area contributed by atoms with Gasteiger partial charge in [0.05, 0.1) is 18.1 Å². The van der Waals surface area contributed by atoms with Gasteiger partial charge in [0.1, 0.15) is 6.10 Å². The fourth-order valence-corrected chi connectivity index (χ4v) is 3.83. The predicted octanol–water partition coefficient (Wildman–Crippen LogP) is 1.72. The number of rotatable bonds is 5. The van der Waals surface area contributed by atoms with Crippen LogP contribution in [-0.4, -0.2) is 53.9 Å². The van der Waals surface area contributed by atoms with E-state index in [1.807, 2.05) is 6.92 Å². The zero-order valence-electron chi connectivity index (χ0n) is 16.8.